The summed E-state index contributed by atoms with van der Waals surface area (Å²) in [6.45, 7) is 6.44. The number of aromatic nitrogens is 1. The number of rotatable bonds is 8. The van der Waals surface area contributed by atoms with E-state index in [0.29, 0.717) is 0 Å². The van der Waals surface area contributed by atoms with E-state index in [1.165, 1.54) is 0 Å². The topological polar surface area (TPSA) is 140 Å². The highest BCUT2D eigenvalue weighted by molar-refractivity contribution is 5.88. The van der Waals surface area contributed by atoms with Crippen LogP contribution in [0.15, 0.2) is 39.6 Å². The zero-order chi connectivity index (χ0) is 23.2. The lowest BCUT2D eigenvalue weighted by atomic mass is 10.1. The summed E-state index contributed by atoms with van der Waals surface area (Å²) in [5.41, 5.74) is -1.11. The Kier molecular flexibility index (Phi) is 7.62. The van der Waals surface area contributed by atoms with Crippen LogP contribution in [0, 0.1) is 0 Å². The number of alkyl carbamates (subject to hydrolysis) is 1. The molecule has 10 heteroatoms. The van der Waals surface area contributed by atoms with Crippen molar-refractivity contribution in [1.82, 2.24) is 10.1 Å². The van der Waals surface area contributed by atoms with Gasteiger partial charge in [0.25, 0.3) is 5.56 Å². The smallest absolute Gasteiger partial charge is 0.408 e. The van der Waals surface area contributed by atoms with Crippen LogP contribution in [0.2, 0.25) is 0 Å². The summed E-state index contributed by atoms with van der Waals surface area (Å²) in [7, 11) is 0. The third-order valence-electron chi connectivity index (χ3n) is 3.97. The number of hydrogen-bond acceptors (Lipinski definition) is 8. The van der Waals surface area contributed by atoms with Gasteiger partial charge in [-0.15, -0.1) is 0 Å². The Morgan fingerprint density at radius 1 is 1.19 bits per heavy atom. The van der Waals surface area contributed by atoms with Gasteiger partial charge in [-0.1, -0.05) is 30.3 Å². The molecule has 0 aliphatic heterocycles. The lowest BCUT2D eigenvalue weighted by Gasteiger charge is -2.23. The van der Waals surface area contributed by atoms with Gasteiger partial charge in [0, 0.05) is 6.42 Å². The first-order valence-electron chi connectivity index (χ1n) is 9.66. The Morgan fingerprint density at radius 2 is 1.84 bits per heavy atom. The second-order valence-corrected chi connectivity index (χ2v) is 7.67. The van der Waals surface area contributed by atoms with Crippen molar-refractivity contribution in [2.45, 2.75) is 52.3 Å². The third kappa shape index (κ3) is 6.73. The number of aliphatic carboxylic acids is 1. The first-order valence-corrected chi connectivity index (χ1v) is 9.66. The Hall–Kier alpha value is -3.56. The molecule has 1 unspecified atom stereocenters. The van der Waals surface area contributed by atoms with E-state index in [1.807, 2.05) is 0 Å². The number of carboxylic acid groups (broad SMARTS) is 1. The minimum atomic E-state index is -1.66. The molecule has 0 radical (unpaired) electrons. The summed E-state index contributed by atoms with van der Waals surface area (Å²) in [6, 6.07) is 7.22. The van der Waals surface area contributed by atoms with Gasteiger partial charge in [0.1, 0.15) is 5.60 Å². The number of ether oxygens (including phenoxy) is 2. The average molecular weight is 433 g/mol. The molecule has 2 rings (SSSR count). The van der Waals surface area contributed by atoms with Crippen LogP contribution < -0.4 is 16.0 Å². The van der Waals surface area contributed by atoms with Gasteiger partial charge in [-0.3, -0.25) is 4.79 Å². The SMILES string of the molecule is CCOC(=O)c1on(Cc2ccccc2)c(=O)c1CC(NC(=O)OC(C)(C)C)C(=O)[O-]. The lowest BCUT2D eigenvalue weighted by molar-refractivity contribution is -0.308. The first-order chi connectivity index (χ1) is 14.5. The second kappa shape index (κ2) is 9.96. The van der Waals surface area contributed by atoms with Crippen LogP contribution in [0.3, 0.4) is 0 Å². The van der Waals surface area contributed by atoms with Gasteiger partial charge in [0.15, 0.2) is 0 Å². The molecule has 0 aliphatic carbocycles. The van der Waals surface area contributed by atoms with E-state index in [-0.39, 0.29) is 18.7 Å². The molecule has 168 valence electrons. The van der Waals surface area contributed by atoms with E-state index >= 15 is 0 Å². The van der Waals surface area contributed by atoms with Crippen LogP contribution in [0.1, 0.15) is 49.4 Å². The fraction of sp³-hybridized carbons (Fsp3) is 0.429. The van der Waals surface area contributed by atoms with E-state index in [4.69, 9.17) is 14.0 Å². The van der Waals surface area contributed by atoms with Crippen LogP contribution in [-0.2, 0) is 27.2 Å². The third-order valence-corrected chi connectivity index (χ3v) is 3.97. The number of nitrogens with zero attached hydrogens (tertiary/aromatic N) is 1. The van der Waals surface area contributed by atoms with Crippen LogP contribution in [-0.4, -0.2) is 41.0 Å². The average Bonchev–Trinajstić information content (AvgIpc) is 2.96. The predicted molar refractivity (Wildman–Crippen MR) is 106 cm³/mol. The van der Waals surface area contributed by atoms with Gasteiger partial charge in [-0.25, -0.2) is 9.59 Å². The normalized spacial score (nSPS) is 12.1. The van der Waals surface area contributed by atoms with Gasteiger partial charge in [0.2, 0.25) is 5.76 Å². The maximum Gasteiger partial charge on any atom is 0.408 e. The van der Waals surface area contributed by atoms with Gasteiger partial charge in [-0.05, 0) is 33.3 Å². The summed E-state index contributed by atoms with van der Waals surface area (Å²) in [4.78, 5) is 48.8. The van der Waals surface area contributed by atoms with E-state index in [1.54, 1.807) is 58.0 Å². The van der Waals surface area contributed by atoms with E-state index in [9.17, 15) is 24.3 Å². The first kappa shape index (κ1) is 23.7. The minimum absolute atomic E-state index is 0.0154. The van der Waals surface area contributed by atoms with Gasteiger partial charge >= 0.3 is 12.1 Å². The largest absolute Gasteiger partial charge is 0.548 e. The van der Waals surface area contributed by atoms with E-state index < -0.39 is 47.4 Å². The summed E-state index contributed by atoms with van der Waals surface area (Å²) >= 11 is 0. The zero-order valence-corrected chi connectivity index (χ0v) is 17.8. The second-order valence-electron chi connectivity index (χ2n) is 7.67. The van der Waals surface area contributed by atoms with E-state index in [2.05, 4.69) is 5.32 Å². The van der Waals surface area contributed by atoms with Crippen LogP contribution >= 0.6 is 0 Å². The molecule has 1 heterocycles. The molecule has 0 saturated carbocycles. The monoisotopic (exact) mass is 433 g/mol. The summed E-state index contributed by atoms with van der Waals surface area (Å²) in [6.07, 6.45) is -1.56. The fourth-order valence-electron chi connectivity index (χ4n) is 2.69. The van der Waals surface area contributed by atoms with Crippen molar-refractivity contribution in [3.8, 4) is 0 Å². The molecule has 10 nitrogen and oxygen atoms in total. The molecule has 31 heavy (non-hydrogen) atoms. The molecular weight excluding hydrogens is 408 g/mol. The molecule has 1 amide bonds. The van der Waals surface area contributed by atoms with Crippen LogP contribution in [0.25, 0.3) is 0 Å². The summed E-state index contributed by atoms with van der Waals surface area (Å²) in [5, 5.41) is 13.7. The van der Waals surface area contributed by atoms with Crippen molar-refractivity contribution < 1.29 is 33.5 Å². The molecule has 1 aromatic carbocycles. The number of carboxylic acids is 1. The highest BCUT2D eigenvalue weighted by Crippen LogP contribution is 2.13. The van der Waals surface area contributed by atoms with Crippen molar-refractivity contribution >= 4 is 18.0 Å². The van der Waals surface area contributed by atoms with Gasteiger partial charge in [-0.2, -0.15) is 4.74 Å². The maximum atomic E-state index is 12.9. The Balaban J connectivity index is 2.37. The predicted octanol–water partition coefficient (Wildman–Crippen LogP) is 0.852. The number of amides is 1. The number of carbonyl (C=O) groups excluding carboxylic acids is 3. The summed E-state index contributed by atoms with van der Waals surface area (Å²) < 4.78 is 16.3. The van der Waals surface area contributed by atoms with Crippen LogP contribution in [0.4, 0.5) is 4.79 Å². The zero-order valence-electron chi connectivity index (χ0n) is 17.8. The van der Waals surface area contributed by atoms with Gasteiger partial charge < -0.3 is 29.2 Å². The number of nitrogens with one attached hydrogen (secondary N) is 1. The lowest BCUT2D eigenvalue weighted by Crippen LogP contribution is -2.51. The van der Waals surface area contributed by atoms with Crippen molar-refractivity contribution in [2.75, 3.05) is 6.61 Å². The minimum Gasteiger partial charge on any atom is -0.548 e. The molecule has 0 saturated heterocycles. The molecule has 1 aromatic heterocycles. The van der Waals surface area contributed by atoms with Crippen molar-refractivity contribution in [3.05, 3.63) is 57.6 Å². The quantitative estimate of drug-likeness (QED) is 0.604. The number of hydrogen-bond donors (Lipinski definition) is 1. The van der Waals surface area contributed by atoms with Gasteiger partial charge in [0.05, 0.1) is 30.7 Å². The maximum absolute atomic E-state index is 12.9. The van der Waals surface area contributed by atoms with Crippen LogP contribution in [0.5, 0.6) is 0 Å². The molecule has 0 spiro atoms. The Labute approximate surface area is 178 Å². The molecule has 2 aromatic rings. The van der Waals surface area contributed by atoms with Crippen molar-refractivity contribution in [1.29, 1.82) is 0 Å². The standard InChI is InChI=1S/C21H26N2O8/c1-5-29-19(27)16-14(11-15(18(25)26)22-20(28)30-21(2,3)4)17(24)23(31-16)12-13-9-7-6-8-10-13/h6-10,15H,5,11-12H2,1-4H3,(H,22,28)(H,25,26)/p-1. The van der Waals surface area contributed by atoms with Crippen molar-refractivity contribution in [2.24, 2.45) is 0 Å². The Bertz CT molecular complexity index is 985. The Morgan fingerprint density at radius 3 is 2.39 bits per heavy atom. The van der Waals surface area contributed by atoms with Crippen molar-refractivity contribution in [3.63, 3.8) is 0 Å². The molecule has 1 N–H and O–H groups in total. The number of carbonyl (C=O) groups is 3. The molecular formula is C21H25N2O8-. The molecule has 1 atom stereocenters. The fourth-order valence-corrected chi connectivity index (χ4v) is 2.69. The highest BCUT2D eigenvalue weighted by Gasteiger charge is 2.29. The number of esters is 1. The molecule has 0 fully saturated rings. The molecule has 0 aliphatic rings. The molecule has 0 bridgehead atoms. The number of benzene rings is 1. The van der Waals surface area contributed by atoms with E-state index in [0.717, 1.165) is 10.3 Å². The highest BCUT2D eigenvalue weighted by atomic mass is 16.6. The summed E-state index contributed by atoms with van der Waals surface area (Å²) in [5.74, 6) is -3.01.